The van der Waals surface area contributed by atoms with Crippen molar-refractivity contribution in [2.24, 2.45) is 5.73 Å². The molecule has 0 amide bonds. The monoisotopic (exact) mass is 242 g/mol. The summed E-state index contributed by atoms with van der Waals surface area (Å²) < 4.78 is 6.88. The molecular formula is C10H18N4OS. The zero-order valence-corrected chi connectivity index (χ0v) is 10.6. The maximum atomic E-state index is 5.60. The van der Waals surface area contributed by atoms with Gasteiger partial charge in [0.25, 0.3) is 0 Å². The van der Waals surface area contributed by atoms with Gasteiger partial charge in [-0.15, -0.1) is 5.10 Å². The molecule has 0 bridgehead atoms. The minimum Gasteiger partial charge on any atom is -0.388 e. The van der Waals surface area contributed by atoms with Crippen LogP contribution in [0.2, 0.25) is 0 Å². The van der Waals surface area contributed by atoms with Crippen LogP contribution in [0.5, 0.6) is 0 Å². The van der Waals surface area contributed by atoms with Crippen LogP contribution in [0.4, 0.5) is 0 Å². The van der Waals surface area contributed by atoms with E-state index in [0.717, 1.165) is 31.5 Å². The standard InChI is InChI=1S/C10H18N4OS/c1-3-5-8-9(10(11)16)12-13-14(8)6-4-7-15-2/h3-7H2,1-2H3,(H2,11,16). The number of hydrogen-bond donors (Lipinski definition) is 1. The molecule has 0 saturated carbocycles. The zero-order chi connectivity index (χ0) is 12.0. The summed E-state index contributed by atoms with van der Waals surface area (Å²) in [4.78, 5) is 0.321. The summed E-state index contributed by atoms with van der Waals surface area (Å²) in [6.45, 7) is 3.61. The van der Waals surface area contributed by atoms with Crippen molar-refractivity contribution < 1.29 is 4.74 Å². The van der Waals surface area contributed by atoms with Gasteiger partial charge in [0, 0.05) is 20.3 Å². The number of rotatable bonds is 7. The molecule has 0 aliphatic rings. The predicted molar refractivity (Wildman–Crippen MR) is 66.4 cm³/mol. The minimum atomic E-state index is 0.321. The Labute approximate surface area is 101 Å². The predicted octanol–water partition coefficient (Wildman–Crippen LogP) is 0.901. The molecule has 16 heavy (non-hydrogen) atoms. The number of nitrogens with two attached hydrogens (primary N) is 1. The maximum absolute atomic E-state index is 5.60. The number of aromatic nitrogens is 3. The molecule has 0 spiro atoms. The molecule has 0 aromatic carbocycles. The second-order valence-electron chi connectivity index (χ2n) is 3.57. The molecule has 1 heterocycles. The average Bonchev–Trinajstić information content (AvgIpc) is 2.63. The van der Waals surface area contributed by atoms with Crippen LogP contribution in [0.25, 0.3) is 0 Å². The maximum Gasteiger partial charge on any atom is 0.143 e. The molecule has 0 aliphatic carbocycles. The molecule has 90 valence electrons. The Hall–Kier alpha value is -1.01. The summed E-state index contributed by atoms with van der Waals surface area (Å²) in [6, 6.07) is 0. The lowest BCUT2D eigenvalue weighted by atomic mass is 10.2. The Morgan fingerprint density at radius 1 is 1.56 bits per heavy atom. The summed E-state index contributed by atoms with van der Waals surface area (Å²) in [5.74, 6) is 0. The van der Waals surface area contributed by atoms with Gasteiger partial charge in [0.2, 0.25) is 0 Å². The molecule has 0 fully saturated rings. The fourth-order valence-electron chi connectivity index (χ4n) is 1.55. The van der Waals surface area contributed by atoms with Gasteiger partial charge in [-0.25, -0.2) is 4.68 Å². The van der Waals surface area contributed by atoms with E-state index in [1.807, 2.05) is 4.68 Å². The SMILES string of the molecule is CCCc1c(C(N)=S)nnn1CCCOC. The van der Waals surface area contributed by atoms with E-state index in [9.17, 15) is 0 Å². The third-order valence-corrected chi connectivity index (χ3v) is 2.47. The van der Waals surface area contributed by atoms with Crippen molar-refractivity contribution >= 4 is 17.2 Å². The zero-order valence-electron chi connectivity index (χ0n) is 9.77. The first kappa shape index (κ1) is 13.1. The second-order valence-corrected chi connectivity index (χ2v) is 4.01. The molecule has 1 aromatic rings. The van der Waals surface area contributed by atoms with Gasteiger partial charge >= 0.3 is 0 Å². The van der Waals surface area contributed by atoms with Crippen LogP contribution in [0.1, 0.15) is 31.2 Å². The van der Waals surface area contributed by atoms with Crippen molar-refractivity contribution in [1.82, 2.24) is 15.0 Å². The summed E-state index contributed by atoms with van der Waals surface area (Å²) in [6.07, 6.45) is 2.83. The van der Waals surface area contributed by atoms with Crippen LogP contribution < -0.4 is 5.73 Å². The summed E-state index contributed by atoms with van der Waals surface area (Å²) >= 11 is 4.95. The van der Waals surface area contributed by atoms with Crippen molar-refractivity contribution in [2.45, 2.75) is 32.7 Å². The number of aryl methyl sites for hydroxylation is 1. The van der Waals surface area contributed by atoms with Crippen molar-refractivity contribution in [3.05, 3.63) is 11.4 Å². The minimum absolute atomic E-state index is 0.321. The van der Waals surface area contributed by atoms with Gasteiger partial charge in [-0.2, -0.15) is 0 Å². The Bertz CT molecular complexity index is 351. The number of ether oxygens (including phenoxy) is 1. The summed E-state index contributed by atoms with van der Waals surface area (Å²) in [5.41, 5.74) is 7.30. The molecular weight excluding hydrogens is 224 g/mol. The van der Waals surface area contributed by atoms with Crippen molar-refractivity contribution in [2.75, 3.05) is 13.7 Å². The van der Waals surface area contributed by atoms with E-state index in [2.05, 4.69) is 17.2 Å². The highest BCUT2D eigenvalue weighted by molar-refractivity contribution is 7.80. The molecule has 0 atom stereocenters. The van der Waals surface area contributed by atoms with Gasteiger partial charge in [0.05, 0.1) is 5.69 Å². The van der Waals surface area contributed by atoms with Crippen LogP contribution in [-0.2, 0) is 17.7 Å². The Balaban J connectivity index is 2.78. The average molecular weight is 242 g/mol. The molecule has 1 aromatic heterocycles. The van der Waals surface area contributed by atoms with E-state index in [-0.39, 0.29) is 0 Å². The first-order valence-corrected chi connectivity index (χ1v) is 5.82. The number of hydrogen-bond acceptors (Lipinski definition) is 4. The largest absolute Gasteiger partial charge is 0.388 e. The fourth-order valence-corrected chi connectivity index (χ4v) is 1.71. The topological polar surface area (TPSA) is 66.0 Å². The smallest absolute Gasteiger partial charge is 0.143 e. The molecule has 5 nitrogen and oxygen atoms in total. The van der Waals surface area contributed by atoms with Crippen molar-refractivity contribution in [3.8, 4) is 0 Å². The first-order valence-electron chi connectivity index (χ1n) is 5.41. The normalized spacial score (nSPS) is 10.6. The lowest BCUT2D eigenvalue weighted by Gasteiger charge is -2.06. The van der Waals surface area contributed by atoms with Gasteiger partial charge in [-0.05, 0) is 12.8 Å². The molecule has 0 saturated heterocycles. The lowest BCUT2D eigenvalue weighted by Crippen LogP contribution is -2.14. The van der Waals surface area contributed by atoms with Crippen LogP contribution in [0.3, 0.4) is 0 Å². The summed E-state index contributed by atoms with van der Waals surface area (Å²) in [5, 5.41) is 8.09. The van der Waals surface area contributed by atoms with E-state index in [1.54, 1.807) is 7.11 Å². The van der Waals surface area contributed by atoms with E-state index in [0.29, 0.717) is 17.3 Å². The second kappa shape index (κ2) is 6.55. The Kier molecular flexibility index (Phi) is 5.34. The van der Waals surface area contributed by atoms with Gasteiger partial charge in [-0.3, -0.25) is 0 Å². The molecule has 1 rings (SSSR count). The van der Waals surface area contributed by atoms with E-state index in [4.69, 9.17) is 22.7 Å². The van der Waals surface area contributed by atoms with E-state index >= 15 is 0 Å². The highest BCUT2D eigenvalue weighted by atomic mass is 32.1. The molecule has 0 aliphatic heterocycles. The van der Waals surface area contributed by atoms with Crippen LogP contribution in [0.15, 0.2) is 0 Å². The van der Waals surface area contributed by atoms with Crippen LogP contribution >= 0.6 is 12.2 Å². The van der Waals surface area contributed by atoms with E-state index in [1.165, 1.54) is 0 Å². The van der Waals surface area contributed by atoms with E-state index < -0.39 is 0 Å². The van der Waals surface area contributed by atoms with Crippen LogP contribution in [0, 0.1) is 0 Å². The van der Waals surface area contributed by atoms with Gasteiger partial charge in [0.15, 0.2) is 0 Å². The molecule has 0 unspecified atom stereocenters. The van der Waals surface area contributed by atoms with Crippen molar-refractivity contribution in [3.63, 3.8) is 0 Å². The fraction of sp³-hybridized carbons (Fsp3) is 0.700. The third kappa shape index (κ3) is 3.24. The summed E-state index contributed by atoms with van der Waals surface area (Å²) in [7, 11) is 1.69. The highest BCUT2D eigenvalue weighted by Gasteiger charge is 2.13. The first-order chi connectivity index (χ1) is 7.70. The number of methoxy groups -OCH3 is 1. The molecule has 2 N–H and O–H groups in total. The van der Waals surface area contributed by atoms with Crippen LogP contribution in [-0.4, -0.2) is 33.7 Å². The van der Waals surface area contributed by atoms with Gasteiger partial charge in [0.1, 0.15) is 10.7 Å². The molecule has 6 heteroatoms. The quantitative estimate of drug-likeness (QED) is 0.568. The number of thiocarbonyl (C=S) groups is 1. The third-order valence-electron chi connectivity index (χ3n) is 2.28. The highest BCUT2D eigenvalue weighted by Crippen LogP contribution is 2.09. The molecule has 0 radical (unpaired) electrons. The lowest BCUT2D eigenvalue weighted by molar-refractivity contribution is 0.188. The van der Waals surface area contributed by atoms with Gasteiger partial charge in [-0.1, -0.05) is 30.8 Å². The van der Waals surface area contributed by atoms with Gasteiger partial charge < -0.3 is 10.5 Å². The van der Waals surface area contributed by atoms with Crippen molar-refractivity contribution in [1.29, 1.82) is 0 Å². The Morgan fingerprint density at radius 3 is 2.88 bits per heavy atom. The Morgan fingerprint density at radius 2 is 2.31 bits per heavy atom. The number of nitrogens with zero attached hydrogens (tertiary/aromatic N) is 3.